The predicted molar refractivity (Wildman–Crippen MR) is 79.8 cm³/mol. The number of ketones is 1. The lowest BCUT2D eigenvalue weighted by molar-refractivity contribution is -0.132. The fraction of sp³-hybridized carbons (Fsp3) is 0.0588. The zero-order chi connectivity index (χ0) is 14.7. The van der Waals surface area contributed by atoms with Gasteiger partial charge in [-0.15, -0.1) is 0 Å². The Labute approximate surface area is 116 Å². The van der Waals surface area contributed by atoms with Gasteiger partial charge in [0.25, 0.3) is 0 Å². The van der Waals surface area contributed by atoms with Gasteiger partial charge in [0.05, 0.1) is 0 Å². The highest BCUT2D eigenvalue weighted by atomic mass is 16.4. The van der Waals surface area contributed by atoms with Crippen molar-refractivity contribution in [3.05, 3.63) is 65.8 Å². The van der Waals surface area contributed by atoms with Crippen LogP contribution in [0, 0.1) is 0 Å². The summed E-state index contributed by atoms with van der Waals surface area (Å²) in [5.74, 6) is -0.829. The topological polar surface area (TPSA) is 54.4 Å². The van der Waals surface area contributed by atoms with E-state index in [9.17, 15) is 9.59 Å². The highest BCUT2D eigenvalue weighted by Crippen LogP contribution is 2.27. The number of carbonyl (C=O) groups excluding carboxylic acids is 1. The monoisotopic (exact) mass is 266 g/mol. The lowest BCUT2D eigenvalue weighted by atomic mass is 9.92. The van der Waals surface area contributed by atoms with Crippen molar-refractivity contribution in [2.75, 3.05) is 0 Å². The second-order valence-electron chi connectivity index (χ2n) is 4.53. The highest BCUT2D eigenvalue weighted by Gasteiger charge is 2.13. The molecule has 0 bridgehead atoms. The van der Waals surface area contributed by atoms with Crippen LogP contribution in [-0.4, -0.2) is 16.9 Å². The molecule has 0 amide bonds. The summed E-state index contributed by atoms with van der Waals surface area (Å²) in [5.41, 5.74) is 2.13. The average molecular weight is 266 g/mol. The molecule has 0 fully saturated rings. The van der Waals surface area contributed by atoms with Gasteiger partial charge in [0, 0.05) is 16.5 Å². The van der Waals surface area contributed by atoms with Crippen LogP contribution in [0.2, 0.25) is 0 Å². The molecule has 0 radical (unpaired) electrons. The SMILES string of the molecule is C=C(C)C(=O)O.O=C1C=Cc2cccc3cccc1c23. The van der Waals surface area contributed by atoms with Crippen LogP contribution in [0.4, 0.5) is 0 Å². The molecule has 0 unspecified atom stereocenters. The molecule has 3 heteroatoms. The van der Waals surface area contributed by atoms with Crippen molar-refractivity contribution in [1.29, 1.82) is 0 Å². The molecule has 0 saturated heterocycles. The number of allylic oxidation sites excluding steroid dienone is 1. The molecule has 100 valence electrons. The summed E-state index contributed by atoms with van der Waals surface area (Å²) in [6.45, 7) is 4.60. The largest absolute Gasteiger partial charge is 0.478 e. The normalized spacial score (nSPS) is 11.8. The van der Waals surface area contributed by atoms with Gasteiger partial charge in [-0.25, -0.2) is 4.79 Å². The van der Waals surface area contributed by atoms with Crippen molar-refractivity contribution in [2.24, 2.45) is 0 Å². The summed E-state index contributed by atoms with van der Waals surface area (Å²) in [7, 11) is 0. The van der Waals surface area contributed by atoms with Crippen molar-refractivity contribution in [1.82, 2.24) is 0 Å². The lowest BCUT2D eigenvalue weighted by Gasteiger charge is -2.10. The minimum absolute atomic E-state index is 0.106. The fourth-order valence-corrected chi connectivity index (χ4v) is 1.97. The van der Waals surface area contributed by atoms with E-state index in [-0.39, 0.29) is 11.4 Å². The van der Waals surface area contributed by atoms with Crippen LogP contribution in [0.1, 0.15) is 22.8 Å². The number of hydrogen-bond donors (Lipinski definition) is 1. The van der Waals surface area contributed by atoms with Gasteiger partial charge in [-0.2, -0.15) is 0 Å². The number of hydrogen-bond acceptors (Lipinski definition) is 2. The highest BCUT2D eigenvalue weighted by molar-refractivity contribution is 6.19. The molecule has 3 rings (SSSR count). The summed E-state index contributed by atoms with van der Waals surface area (Å²) in [6.07, 6.45) is 3.52. The second kappa shape index (κ2) is 5.53. The summed E-state index contributed by atoms with van der Waals surface area (Å²) in [4.78, 5) is 21.2. The Morgan fingerprint density at radius 3 is 2.30 bits per heavy atom. The van der Waals surface area contributed by atoms with Gasteiger partial charge in [0.2, 0.25) is 0 Å². The van der Waals surface area contributed by atoms with Crippen LogP contribution in [-0.2, 0) is 4.79 Å². The van der Waals surface area contributed by atoms with Crippen molar-refractivity contribution < 1.29 is 14.7 Å². The molecule has 0 aliphatic heterocycles. The quantitative estimate of drug-likeness (QED) is 0.801. The van der Waals surface area contributed by atoms with E-state index in [1.165, 1.54) is 6.92 Å². The third-order valence-corrected chi connectivity index (χ3v) is 2.98. The molecule has 1 aliphatic carbocycles. The Morgan fingerprint density at radius 2 is 1.70 bits per heavy atom. The van der Waals surface area contributed by atoms with E-state index in [0.717, 1.165) is 21.9 Å². The van der Waals surface area contributed by atoms with Crippen LogP contribution in [0.25, 0.3) is 16.8 Å². The zero-order valence-electron chi connectivity index (χ0n) is 11.1. The van der Waals surface area contributed by atoms with Crippen LogP contribution in [0.5, 0.6) is 0 Å². The molecule has 0 spiro atoms. The first-order chi connectivity index (χ1) is 9.50. The van der Waals surface area contributed by atoms with E-state index < -0.39 is 5.97 Å². The van der Waals surface area contributed by atoms with Crippen molar-refractivity contribution >= 4 is 28.6 Å². The van der Waals surface area contributed by atoms with E-state index in [0.29, 0.717) is 0 Å². The third kappa shape index (κ3) is 2.67. The first-order valence-electron chi connectivity index (χ1n) is 6.13. The van der Waals surface area contributed by atoms with Crippen LogP contribution < -0.4 is 0 Å². The number of carboxylic acid groups (broad SMARTS) is 1. The average Bonchev–Trinajstić information content (AvgIpc) is 2.44. The number of carboxylic acids is 1. The molecule has 2 aromatic rings. The van der Waals surface area contributed by atoms with Gasteiger partial charge in [-0.05, 0) is 23.9 Å². The second-order valence-corrected chi connectivity index (χ2v) is 4.53. The maximum atomic E-state index is 11.6. The minimum Gasteiger partial charge on any atom is -0.478 e. The van der Waals surface area contributed by atoms with E-state index in [2.05, 4.69) is 6.58 Å². The number of carbonyl (C=O) groups is 2. The van der Waals surface area contributed by atoms with Gasteiger partial charge < -0.3 is 5.11 Å². The summed E-state index contributed by atoms with van der Waals surface area (Å²) < 4.78 is 0. The first-order valence-corrected chi connectivity index (χ1v) is 6.13. The Balaban J connectivity index is 0.000000212. The van der Waals surface area contributed by atoms with Crippen LogP contribution in [0.15, 0.2) is 54.6 Å². The molecule has 0 heterocycles. The molecule has 0 saturated carbocycles. The molecule has 0 aromatic heterocycles. The summed E-state index contributed by atoms with van der Waals surface area (Å²) >= 11 is 0. The summed E-state index contributed by atoms with van der Waals surface area (Å²) in [5, 5.41) is 10.1. The van der Waals surface area contributed by atoms with E-state index in [4.69, 9.17) is 5.11 Å². The predicted octanol–water partition coefficient (Wildman–Crippen LogP) is 3.70. The third-order valence-electron chi connectivity index (χ3n) is 2.98. The first kappa shape index (κ1) is 13.7. The van der Waals surface area contributed by atoms with Crippen LogP contribution >= 0.6 is 0 Å². The van der Waals surface area contributed by atoms with Gasteiger partial charge >= 0.3 is 5.97 Å². The summed E-state index contributed by atoms with van der Waals surface area (Å²) in [6, 6.07) is 11.9. The van der Waals surface area contributed by atoms with Gasteiger partial charge in [0.1, 0.15) is 0 Å². The molecule has 2 aromatic carbocycles. The molecule has 3 nitrogen and oxygen atoms in total. The van der Waals surface area contributed by atoms with Gasteiger partial charge in [-0.3, -0.25) is 4.79 Å². The number of aliphatic carboxylic acids is 1. The van der Waals surface area contributed by atoms with E-state index in [1.54, 1.807) is 6.08 Å². The Hall–Kier alpha value is -2.68. The van der Waals surface area contributed by atoms with E-state index in [1.807, 2.05) is 42.5 Å². The van der Waals surface area contributed by atoms with Crippen molar-refractivity contribution in [3.63, 3.8) is 0 Å². The van der Waals surface area contributed by atoms with Gasteiger partial charge in [0.15, 0.2) is 5.78 Å². The molecular weight excluding hydrogens is 252 g/mol. The van der Waals surface area contributed by atoms with E-state index >= 15 is 0 Å². The zero-order valence-corrected chi connectivity index (χ0v) is 11.1. The Kier molecular flexibility index (Phi) is 3.80. The number of rotatable bonds is 1. The number of benzene rings is 2. The Bertz CT molecular complexity index is 722. The van der Waals surface area contributed by atoms with Crippen molar-refractivity contribution in [3.8, 4) is 0 Å². The molecule has 0 atom stereocenters. The molecule has 1 N–H and O–H groups in total. The molecular formula is C17H14O3. The standard InChI is InChI=1S/C13H8O.C4H6O2/c14-12-8-7-10-4-1-3-9-5-2-6-11(12)13(9)10;1-3(2)4(5)6/h1-8H;1H2,2H3,(H,5,6). The molecule has 1 aliphatic rings. The smallest absolute Gasteiger partial charge is 0.330 e. The Morgan fingerprint density at radius 1 is 1.10 bits per heavy atom. The van der Waals surface area contributed by atoms with Gasteiger partial charge in [-0.1, -0.05) is 49.1 Å². The lowest BCUT2D eigenvalue weighted by Crippen LogP contribution is -2.00. The maximum absolute atomic E-state index is 11.6. The fourth-order valence-electron chi connectivity index (χ4n) is 1.97. The van der Waals surface area contributed by atoms with Crippen molar-refractivity contribution in [2.45, 2.75) is 6.92 Å². The minimum atomic E-state index is -0.935. The molecule has 20 heavy (non-hydrogen) atoms. The maximum Gasteiger partial charge on any atom is 0.330 e. The van der Waals surface area contributed by atoms with Crippen LogP contribution in [0.3, 0.4) is 0 Å².